The lowest BCUT2D eigenvalue weighted by Gasteiger charge is -2.23. The van der Waals surface area contributed by atoms with Crippen LogP contribution in [0.5, 0.6) is 0 Å². The van der Waals surface area contributed by atoms with E-state index in [9.17, 15) is 19.3 Å². The zero-order chi connectivity index (χ0) is 13.9. The first-order chi connectivity index (χ1) is 8.38. The molecule has 1 rings (SSSR count). The Morgan fingerprint density at radius 3 is 2.61 bits per heavy atom. The van der Waals surface area contributed by atoms with Crippen molar-refractivity contribution >= 4 is 11.6 Å². The molecule has 6 heteroatoms. The summed E-state index contributed by atoms with van der Waals surface area (Å²) in [4.78, 5) is 23.1. The minimum atomic E-state index is -0.997. The third-order valence-corrected chi connectivity index (χ3v) is 2.96. The lowest BCUT2D eigenvalue weighted by Crippen LogP contribution is -2.34. The number of carbonyl (C=O) groups is 1. The van der Waals surface area contributed by atoms with E-state index in [2.05, 4.69) is 0 Å². The third kappa shape index (κ3) is 2.82. The average molecular weight is 254 g/mol. The van der Waals surface area contributed by atoms with Crippen LogP contribution in [-0.2, 0) is 0 Å². The molecule has 1 aromatic carbocycles. The molecule has 0 N–H and O–H groups in total. The van der Waals surface area contributed by atoms with Crippen molar-refractivity contribution in [2.75, 3.05) is 7.05 Å². The molecule has 1 unspecified atom stereocenters. The number of hydrogen-bond donors (Lipinski definition) is 0. The molecule has 1 amide bonds. The maximum Gasteiger partial charge on any atom is 0.304 e. The highest BCUT2D eigenvalue weighted by molar-refractivity contribution is 5.94. The van der Waals surface area contributed by atoms with Crippen molar-refractivity contribution in [3.8, 4) is 0 Å². The Kier molecular flexibility index (Phi) is 4.36. The van der Waals surface area contributed by atoms with E-state index in [1.807, 2.05) is 13.8 Å². The standard InChI is InChI=1S/C12H15FN2O3/c1-4-8(2)14(3)12(16)9-5-6-11(15(17)18)10(13)7-9/h5-8H,4H2,1-3H3. The molecule has 18 heavy (non-hydrogen) atoms. The topological polar surface area (TPSA) is 63.5 Å². The van der Waals surface area contributed by atoms with Crippen LogP contribution >= 0.6 is 0 Å². The van der Waals surface area contributed by atoms with Crippen LogP contribution in [-0.4, -0.2) is 28.8 Å². The summed E-state index contributed by atoms with van der Waals surface area (Å²) in [5.74, 6) is -1.35. The van der Waals surface area contributed by atoms with Crippen molar-refractivity contribution in [3.63, 3.8) is 0 Å². The fraction of sp³-hybridized carbons (Fsp3) is 0.417. The summed E-state index contributed by atoms with van der Waals surface area (Å²) in [6, 6.07) is 3.20. The van der Waals surface area contributed by atoms with E-state index >= 15 is 0 Å². The van der Waals surface area contributed by atoms with E-state index in [0.717, 1.165) is 18.6 Å². The lowest BCUT2D eigenvalue weighted by atomic mass is 10.1. The van der Waals surface area contributed by atoms with Crippen molar-refractivity contribution in [2.24, 2.45) is 0 Å². The minimum absolute atomic E-state index is 0.0238. The predicted octanol–water partition coefficient (Wildman–Crippen LogP) is 2.60. The Morgan fingerprint density at radius 2 is 2.17 bits per heavy atom. The molecule has 1 aromatic rings. The Bertz CT molecular complexity index is 476. The number of nitrogens with zero attached hydrogens (tertiary/aromatic N) is 2. The number of amides is 1. The largest absolute Gasteiger partial charge is 0.339 e. The first-order valence-corrected chi connectivity index (χ1v) is 5.59. The van der Waals surface area contributed by atoms with Crippen LogP contribution in [0.25, 0.3) is 0 Å². The molecular formula is C12H15FN2O3. The van der Waals surface area contributed by atoms with Crippen molar-refractivity contribution in [1.82, 2.24) is 4.90 Å². The zero-order valence-corrected chi connectivity index (χ0v) is 10.5. The number of hydrogen-bond acceptors (Lipinski definition) is 3. The molecular weight excluding hydrogens is 239 g/mol. The summed E-state index contributed by atoms with van der Waals surface area (Å²) >= 11 is 0. The summed E-state index contributed by atoms with van der Waals surface area (Å²) in [6.07, 6.45) is 0.775. The van der Waals surface area contributed by atoms with E-state index in [1.165, 1.54) is 11.0 Å². The second-order valence-corrected chi connectivity index (χ2v) is 4.10. The molecule has 0 spiro atoms. The van der Waals surface area contributed by atoms with Crippen LogP contribution in [0.2, 0.25) is 0 Å². The van der Waals surface area contributed by atoms with Gasteiger partial charge in [-0.15, -0.1) is 0 Å². The van der Waals surface area contributed by atoms with Gasteiger partial charge < -0.3 is 4.90 Å². The van der Waals surface area contributed by atoms with Gasteiger partial charge in [0.25, 0.3) is 5.91 Å². The fourth-order valence-electron chi connectivity index (χ4n) is 1.47. The molecule has 0 saturated heterocycles. The van der Waals surface area contributed by atoms with Crippen molar-refractivity contribution in [3.05, 3.63) is 39.7 Å². The highest BCUT2D eigenvalue weighted by atomic mass is 19.1. The first-order valence-electron chi connectivity index (χ1n) is 5.59. The summed E-state index contributed by atoms with van der Waals surface area (Å²) in [7, 11) is 1.62. The number of carbonyl (C=O) groups excluding carboxylic acids is 1. The van der Waals surface area contributed by atoms with Crippen LogP contribution in [0.1, 0.15) is 30.6 Å². The smallest absolute Gasteiger partial charge is 0.304 e. The van der Waals surface area contributed by atoms with E-state index in [-0.39, 0.29) is 17.5 Å². The van der Waals surface area contributed by atoms with Gasteiger partial charge in [-0.05, 0) is 25.5 Å². The van der Waals surface area contributed by atoms with Crippen LogP contribution in [0, 0.1) is 15.9 Å². The SMILES string of the molecule is CCC(C)N(C)C(=O)c1ccc([N+](=O)[O-])c(F)c1. The van der Waals surface area contributed by atoms with Crippen LogP contribution in [0.15, 0.2) is 18.2 Å². The molecule has 0 aromatic heterocycles. The molecule has 98 valence electrons. The van der Waals surface area contributed by atoms with Gasteiger partial charge in [-0.1, -0.05) is 6.92 Å². The molecule has 0 radical (unpaired) electrons. The van der Waals surface area contributed by atoms with E-state index in [0.29, 0.717) is 0 Å². The number of halogens is 1. The van der Waals surface area contributed by atoms with Gasteiger partial charge in [-0.25, -0.2) is 0 Å². The van der Waals surface area contributed by atoms with Gasteiger partial charge in [-0.2, -0.15) is 4.39 Å². The number of nitro benzene ring substituents is 1. The molecule has 0 saturated carbocycles. The lowest BCUT2D eigenvalue weighted by molar-refractivity contribution is -0.387. The highest BCUT2D eigenvalue weighted by Gasteiger charge is 2.20. The highest BCUT2D eigenvalue weighted by Crippen LogP contribution is 2.19. The van der Waals surface area contributed by atoms with Gasteiger partial charge in [0, 0.05) is 24.7 Å². The van der Waals surface area contributed by atoms with Crippen molar-refractivity contribution < 1.29 is 14.1 Å². The Balaban J connectivity index is 3.01. The summed E-state index contributed by atoms with van der Waals surface area (Å²) in [5.41, 5.74) is -0.515. The van der Waals surface area contributed by atoms with Gasteiger partial charge in [-0.3, -0.25) is 14.9 Å². The molecule has 0 aliphatic heterocycles. The summed E-state index contributed by atoms with van der Waals surface area (Å²) in [5, 5.41) is 10.5. The Labute approximate surface area is 104 Å². The second kappa shape index (κ2) is 5.57. The maximum atomic E-state index is 13.4. The fourth-order valence-corrected chi connectivity index (χ4v) is 1.47. The van der Waals surface area contributed by atoms with Gasteiger partial charge >= 0.3 is 5.69 Å². The normalized spacial score (nSPS) is 12.0. The van der Waals surface area contributed by atoms with Crippen LogP contribution in [0.3, 0.4) is 0 Å². The summed E-state index contributed by atoms with van der Waals surface area (Å²) < 4.78 is 13.4. The Morgan fingerprint density at radius 1 is 1.56 bits per heavy atom. The maximum absolute atomic E-state index is 13.4. The molecule has 0 heterocycles. The molecule has 0 aliphatic carbocycles. The average Bonchev–Trinajstić information content (AvgIpc) is 2.35. The summed E-state index contributed by atoms with van der Waals surface area (Å²) in [6.45, 7) is 3.81. The van der Waals surface area contributed by atoms with Gasteiger partial charge in [0.1, 0.15) is 0 Å². The quantitative estimate of drug-likeness (QED) is 0.612. The minimum Gasteiger partial charge on any atom is -0.339 e. The molecule has 1 atom stereocenters. The zero-order valence-electron chi connectivity index (χ0n) is 10.5. The third-order valence-electron chi connectivity index (χ3n) is 2.96. The molecule has 5 nitrogen and oxygen atoms in total. The van der Waals surface area contributed by atoms with Gasteiger partial charge in [0.2, 0.25) is 5.82 Å². The molecule has 0 fully saturated rings. The van der Waals surface area contributed by atoms with Crippen molar-refractivity contribution in [2.45, 2.75) is 26.3 Å². The Hall–Kier alpha value is -1.98. The van der Waals surface area contributed by atoms with Gasteiger partial charge in [0.05, 0.1) is 4.92 Å². The monoisotopic (exact) mass is 254 g/mol. The molecule has 0 aliphatic rings. The number of benzene rings is 1. The number of nitro groups is 1. The number of rotatable bonds is 4. The first kappa shape index (κ1) is 14.1. The van der Waals surface area contributed by atoms with Gasteiger partial charge in [0.15, 0.2) is 0 Å². The van der Waals surface area contributed by atoms with Crippen LogP contribution < -0.4 is 0 Å². The molecule has 0 bridgehead atoms. The van der Waals surface area contributed by atoms with E-state index < -0.39 is 16.4 Å². The predicted molar refractivity (Wildman–Crippen MR) is 64.9 cm³/mol. The van der Waals surface area contributed by atoms with Crippen molar-refractivity contribution in [1.29, 1.82) is 0 Å². The van der Waals surface area contributed by atoms with E-state index in [4.69, 9.17) is 0 Å². The second-order valence-electron chi connectivity index (χ2n) is 4.10. The van der Waals surface area contributed by atoms with Crippen LogP contribution in [0.4, 0.5) is 10.1 Å². The van der Waals surface area contributed by atoms with E-state index in [1.54, 1.807) is 7.05 Å².